The number of nitrogens with zero attached hydrogens (tertiary/aromatic N) is 4. The second-order valence-electron chi connectivity index (χ2n) is 17.8. The number of sulfonamides is 1. The van der Waals surface area contributed by atoms with Crippen molar-refractivity contribution < 1.29 is 50.2 Å². The van der Waals surface area contributed by atoms with Crippen LogP contribution in [0.1, 0.15) is 92.4 Å². The van der Waals surface area contributed by atoms with Gasteiger partial charge in [-0.25, -0.2) is 23.4 Å². The monoisotopic (exact) mass is 905 g/mol. The lowest BCUT2D eigenvalue weighted by Crippen LogP contribution is -2.48. The van der Waals surface area contributed by atoms with Gasteiger partial charge in [-0.1, -0.05) is 26.0 Å². The van der Waals surface area contributed by atoms with E-state index in [-0.39, 0.29) is 31.7 Å². The molecule has 330 valence electrons. The fourth-order valence-electron chi connectivity index (χ4n) is 8.33. The molecule has 0 bridgehead atoms. The van der Waals surface area contributed by atoms with Crippen LogP contribution in [0, 0.1) is 29.1 Å². The molecular weight excluding hydrogens is 856 g/mol. The first-order valence-corrected chi connectivity index (χ1v) is 23.7. The average Bonchev–Trinajstić information content (AvgIpc) is 3.73. The quantitative estimate of drug-likeness (QED) is 0.157. The lowest BCUT2D eigenvalue weighted by atomic mass is 9.82. The highest BCUT2D eigenvalue weighted by molar-refractivity contribution is 7.91. The Morgan fingerprint density at radius 3 is 2.23 bits per heavy atom. The van der Waals surface area contributed by atoms with Crippen molar-refractivity contribution in [2.45, 2.75) is 121 Å². The Morgan fingerprint density at radius 1 is 1.02 bits per heavy atom. The molecule has 3 aromatic heterocycles. The molecule has 2 saturated carbocycles. The number of ketones is 1. The number of nitrogens with one attached hydrogen (secondary N) is 1. The van der Waals surface area contributed by atoms with E-state index in [0.717, 1.165) is 13.8 Å². The molecule has 1 N–H and O–H groups in total. The molecule has 61 heavy (non-hydrogen) atoms. The molecule has 19 heteroatoms. The van der Waals surface area contributed by atoms with Gasteiger partial charge in [0.05, 0.1) is 35.1 Å². The fraction of sp³-hybridized carbons (Fsp3) is 0.595. The zero-order valence-electron chi connectivity index (χ0n) is 34.6. The summed E-state index contributed by atoms with van der Waals surface area (Å²) in [5.74, 6) is -4.86. The number of amides is 2. The van der Waals surface area contributed by atoms with E-state index in [9.17, 15) is 40.8 Å². The van der Waals surface area contributed by atoms with E-state index in [1.807, 2.05) is 19.1 Å². The smallest absolute Gasteiger partial charge is 0.427 e. The fourth-order valence-corrected chi connectivity index (χ4v) is 10.9. The Hall–Kier alpha value is -4.23. The number of alkyl halides is 3. The van der Waals surface area contributed by atoms with E-state index >= 15 is 0 Å². The van der Waals surface area contributed by atoms with E-state index in [1.54, 1.807) is 49.1 Å². The molecular formula is C42H50F3N5O8S3. The lowest BCUT2D eigenvalue weighted by molar-refractivity contribution is -0.257. The van der Waals surface area contributed by atoms with Gasteiger partial charge in [-0.15, -0.1) is 22.7 Å². The van der Waals surface area contributed by atoms with Gasteiger partial charge in [-0.2, -0.15) is 13.2 Å². The summed E-state index contributed by atoms with van der Waals surface area (Å²) in [6, 6.07) is 2.21. The Balaban J connectivity index is 1.23. The molecule has 13 nitrogen and oxygen atoms in total. The minimum absolute atomic E-state index is 0.0113. The van der Waals surface area contributed by atoms with Gasteiger partial charge in [0.2, 0.25) is 27.4 Å². The molecule has 0 unspecified atom stereocenters. The van der Waals surface area contributed by atoms with Gasteiger partial charge in [0.1, 0.15) is 33.3 Å². The summed E-state index contributed by atoms with van der Waals surface area (Å²) in [6.45, 7) is 6.66. The number of allylic oxidation sites excluding steroid dienone is 2. The van der Waals surface area contributed by atoms with Gasteiger partial charge in [0.15, 0.2) is 5.78 Å². The number of fused-ring (bicyclic) bond motifs is 2. The third-order valence-electron chi connectivity index (χ3n) is 12.6. The molecule has 2 amide bonds. The predicted octanol–water partition coefficient (Wildman–Crippen LogP) is 7.54. The second kappa shape index (κ2) is 16.8. The summed E-state index contributed by atoms with van der Waals surface area (Å²) in [6.07, 6.45) is 3.04. The van der Waals surface area contributed by atoms with Gasteiger partial charge < -0.3 is 14.4 Å². The van der Waals surface area contributed by atoms with Gasteiger partial charge >= 0.3 is 12.1 Å². The third-order valence-corrected chi connectivity index (χ3v) is 16.4. The topological polar surface area (TPSA) is 175 Å². The SMILES string of the molecule is C[C@@H]1CC/C=C\[C@@H]2C[C@@]2(C(=O)NS(=O)(=O)C2(C)CC2)CC(=O)[C@@H]2C[C@@H](Oc3cc(-c4nccs4)nc(-c4nccs4)c3)CN2C(=O)[C@@H](CC(=O)OC(C)(C)C(F)(F)F)[C@H](C)C1. The van der Waals surface area contributed by atoms with Crippen LogP contribution in [-0.4, -0.2) is 87.1 Å². The molecule has 4 aliphatic rings. The number of esters is 1. The summed E-state index contributed by atoms with van der Waals surface area (Å²) in [7, 11) is -4.04. The molecule has 0 radical (unpaired) electrons. The van der Waals surface area contributed by atoms with Crippen molar-refractivity contribution in [2.24, 2.45) is 29.1 Å². The Morgan fingerprint density at radius 2 is 1.66 bits per heavy atom. The number of carbonyl (C=O) groups excluding carboxylic acids is 4. The molecule has 7 atom stereocenters. The van der Waals surface area contributed by atoms with E-state index in [0.29, 0.717) is 59.3 Å². The van der Waals surface area contributed by atoms with Gasteiger partial charge in [-0.3, -0.25) is 23.9 Å². The van der Waals surface area contributed by atoms with Crippen LogP contribution in [0.5, 0.6) is 5.75 Å². The van der Waals surface area contributed by atoms with Crippen molar-refractivity contribution in [3.8, 4) is 27.2 Å². The number of hydrogen-bond acceptors (Lipinski definition) is 13. The molecule has 7 rings (SSSR count). The minimum Gasteiger partial charge on any atom is -0.488 e. The number of carbonyl (C=O) groups is 4. The molecule has 0 aromatic carbocycles. The molecule has 5 heterocycles. The largest absolute Gasteiger partial charge is 0.488 e. The van der Waals surface area contributed by atoms with Crippen molar-refractivity contribution in [3.63, 3.8) is 0 Å². The molecule has 3 fully saturated rings. The van der Waals surface area contributed by atoms with E-state index in [1.165, 1.54) is 27.6 Å². The normalized spacial score (nSPS) is 28.8. The zero-order chi connectivity index (χ0) is 44.1. The van der Waals surface area contributed by atoms with Crippen LogP contribution in [0.2, 0.25) is 0 Å². The first kappa shape index (κ1) is 44.8. The minimum atomic E-state index is -4.87. The number of ether oxygens (including phenoxy) is 2. The van der Waals surface area contributed by atoms with E-state index < -0.39 is 91.8 Å². The summed E-state index contributed by atoms with van der Waals surface area (Å²) < 4.78 is 80.7. The highest BCUT2D eigenvalue weighted by atomic mass is 32.2. The number of thiazole rings is 2. The first-order chi connectivity index (χ1) is 28.6. The third kappa shape index (κ3) is 9.57. The highest BCUT2D eigenvalue weighted by Gasteiger charge is 2.63. The van der Waals surface area contributed by atoms with Crippen molar-refractivity contribution in [1.29, 1.82) is 0 Å². The maximum atomic E-state index is 14.9. The molecule has 2 aliphatic carbocycles. The van der Waals surface area contributed by atoms with E-state index in [4.69, 9.17) is 14.5 Å². The Labute approximate surface area is 361 Å². The first-order valence-electron chi connectivity index (χ1n) is 20.4. The Bertz CT molecular complexity index is 2230. The number of Topliss-reactive ketones (excluding diaryl/α,β-unsaturated/α-hetero) is 1. The summed E-state index contributed by atoms with van der Waals surface area (Å²) >= 11 is 2.74. The van der Waals surface area contributed by atoms with Gasteiger partial charge in [-0.05, 0) is 77.0 Å². The van der Waals surface area contributed by atoms with Crippen molar-refractivity contribution in [3.05, 3.63) is 47.4 Å². The van der Waals surface area contributed by atoms with Crippen LogP contribution in [0.25, 0.3) is 21.4 Å². The number of rotatable bonds is 10. The highest BCUT2D eigenvalue weighted by Crippen LogP contribution is 2.58. The zero-order valence-corrected chi connectivity index (χ0v) is 37.0. The summed E-state index contributed by atoms with van der Waals surface area (Å²) in [5, 5.41) is 4.85. The second-order valence-corrected chi connectivity index (χ2v) is 21.8. The molecule has 3 aromatic rings. The molecule has 0 spiro atoms. The number of pyridine rings is 1. The number of halogens is 3. The van der Waals surface area contributed by atoms with Crippen LogP contribution in [0.4, 0.5) is 13.2 Å². The van der Waals surface area contributed by atoms with Crippen LogP contribution in [0.15, 0.2) is 47.4 Å². The number of aromatic nitrogens is 3. The number of hydrogen-bond donors (Lipinski definition) is 1. The predicted molar refractivity (Wildman–Crippen MR) is 222 cm³/mol. The lowest BCUT2D eigenvalue weighted by Gasteiger charge is -2.33. The molecule has 2 aliphatic heterocycles. The van der Waals surface area contributed by atoms with Crippen LogP contribution >= 0.6 is 22.7 Å². The summed E-state index contributed by atoms with van der Waals surface area (Å²) in [5.41, 5.74) is -3.18. The van der Waals surface area contributed by atoms with Gasteiger partial charge in [0.25, 0.3) is 0 Å². The van der Waals surface area contributed by atoms with E-state index in [2.05, 4.69) is 14.7 Å². The van der Waals surface area contributed by atoms with Crippen molar-refractivity contribution >= 4 is 56.3 Å². The summed E-state index contributed by atoms with van der Waals surface area (Å²) in [4.78, 5) is 71.9. The van der Waals surface area contributed by atoms with Crippen molar-refractivity contribution in [2.75, 3.05) is 6.54 Å². The van der Waals surface area contributed by atoms with Crippen LogP contribution < -0.4 is 9.46 Å². The van der Waals surface area contributed by atoms with Gasteiger partial charge in [0, 0.05) is 48.1 Å². The maximum absolute atomic E-state index is 14.9. The molecule has 1 saturated heterocycles. The van der Waals surface area contributed by atoms with Crippen LogP contribution in [-0.2, 0) is 33.9 Å². The van der Waals surface area contributed by atoms with Crippen molar-refractivity contribution in [1.82, 2.24) is 24.6 Å². The maximum Gasteiger partial charge on any atom is 0.427 e. The Kier molecular flexibility index (Phi) is 12.3. The average molecular weight is 906 g/mol. The standard InChI is InChI=1S/C42H50F3N5O8S3/c1-24-8-6-7-9-26-21-41(26,38(54)49-61(55,56)40(5)10-11-40)22-33(51)32-19-28(57-27-17-30(35-46-12-14-59-35)48-31(18-27)36-47-13-15-60-36)23-50(32)37(53)29(25(2)16-24)20-34(52)58-39(3,4)42(43,44)45/h7,9,12-15,17-18,24-26,28-29,32H,6,8,10-11,16,19-23H2,1-5H3,(H,49,54)/b9-7-/t24-,25-,26-,28-,29+,32+,41-/m1/s1. The van der Waals surface area contributed by atoms with Crippen LogP contribution in [0.3, 0.4) is 0 Å².